The first-order valence-corrected chi connectivity index (χ1v) is 12.8. The Bertz CT molecular complexity index is 1320. The van der Waals surface area contributed by atoms with Crippen LogP contribution in [0.5, 0.6) is 0 Å². The zero-order valence-corrected chi connectivity index (χ0v) is 20.5. The van der Waals surface area contributed by atoms with Gasteiger partial charge in [-0.1, -0.05) is 73.5 Å². The van der Waals surface area contributed by atoms with Crippen molar-refractivity contribution in [2.24, 2.45) is 5.18 Å². The van der Waals surface area contributed by atoms with Crippen LogP contribution >= 0.6 is 0 Å². The third-order valence-electron chi connectivity index (χ3n) is 7.49. The van der Waals surface area contributed by atoms with Gasteiger partial charge in [0.05, 0.1) is 12.0 Å². The summed E-state index contributed by atoms with van der Waals surface area (Å²) in [5, 5.41) is 5.67. The Labute approximate surface area is 215 Å². The van der Waals surface area contributed by atoms with E-state index in [1.807, 2.05) is 59.5 Å². The molecular formula is C30H29N3O4. The fraction of sp³-hybridized carbons (Fsp3) is 0.300. The fourth-order valence-corrected chi connectivity index (χ4v) is 5.77. The Morgan fingerprint density at radius 3 is 2.41 bits per heavy atom. The molecule has 3 aromatic carbocycles. The van der Waals surface area contributed by atoms with Gasteiger partial charge in [-0.25, -0.2) is 0 Å². The van der Waals surface area contributed by atoms with Crippen molar-refractivity contribution in [3.63, 3.8) is 0 Å². The Kier molecular flexibility index (Phi) is 7.21. The molecule has 188 valence electrons. The maximum absolute atomic E-state index is 13.9. The highest BCUT2D eigenvalue weighted by atomic mass is 16.3. The van der Waals surface area contributed by atoms with E-state index in [2.05, 4.69) is 10.5 Å². The van der Waals surface area contributed by atoms with Crippen molar-refractivity contribution < 1.29 is 14.4 Å². The SMILES string of the molecule is O=NC(=O)c1cccc([C@H]2[C@H](C(=O)NCCc3ccccc3)c3ccccc3C(=O)N2C2CCCC2)c1. The Balaban J connectivity index is 1.56. The number of nitrogens with zero attached hydrogens (tertiary/aromatic N) is 2. The molecule has 1 N–H and O–H groups in total. The molecule has 37 heavy (non-hydrogen) atoms. The number of nitroso groups, excluding NO2 is 1. The van der Waals surface area contributed by atoms with Gasteiger partial charge in [-0.3, -0.25) is 14.4 Å². The summed E-state index contributed by atoms with van der Waals surface area (Å²) in [6, 6.07) is 23.2. The van der Waals surface area contributed by atoms with Crippen molar-refractivity contribution in [2.75, 3.05) is 6.54 Å². The molecule has 1 fully saturated rings. The minimum Gasteiger partial charge on any atom is -0.355 e. The summed E-state index contributed by atoms with van der Waals surface area (Å²) < 4.78 is 0. The van der Waals surface area contributed by atoms with Crippen molar-refractivity contribution in [3.05, 3.63) is 112 Å². The molecule has 1 aliphatic carbocycles. The van der Waals surface area contributed by atoms with Crippen LogP contribution in [0.25, 0.3) is 0 Å². The van der Waals surface area contributed by atoms with Crippen LogP contribution in [0.2, 0.25) is 0 Å². The lowest BCUT2D eigenvalue weighted by molar-refractivity contribution is -0.124. The summed E-state index contributed by atoms with van der Waals surface area (Å²) in [5.41, 5.74) is 3.13. The Morgan fingerprint density at radius 1 is 0.919 bits per heavy atom. The van der Waals surface area contributed by atoms with Crippen molar-refractivity contribution in [1.82, 2.24) is 10.2 Å². The molecule has 5 rings (SSSR count). The molecule has 0 bridgehead atoms. The van der Waals surface area contributed by atoms with Crippen LogP contribution in [-0.2, 0) is 11.2 Å². The lowest BCUT2D eigenvalue weighted by Crippen LogP contribution is -2.51. The van der Waals surface area contributed by atoms with Gasteiger partial charge in [-0.15, -0.1) is 4.91 Å². The average Bonchev–Trinajstić information content (AvgIpc) is 3.47. The predicted molar refractivity (Wildman–Crippen MR) is 140 cm³/mol. The summed E-state index contributed by atoms with van der Waals surface area (Å²) >= 11 is 0. The molecule has 0 spiro atoms. The molecule has 0 aromatic heterocycles. The molecule has 3 amide bonds. The third kappa shape index (κ3) is 4.94. The van der Waals surface area contributed by atoms with Gasteiger partial charge < -0.3 is 10.2 Å². The largest absolute Gasteiger partial charge is 0.355 e. The van der Waals surface area contributed by atoms with E-state index >= 15 is 0 Å². The van der Waals surface area contributed by atoms with E-state index in [1.54, 1.807) is 18.2 Å². The molecule has 3 aromatic rings. The first-order chi connectivity index (χ1) is 18.1. The molecule has 1 saturated carbocycles. The third-order valence-corrected chi connectivity index (χ3v) is 7.49. The molecule has 1 aliphatic heterocycles. The lowest BCUT2D eigenvalue weighted by atomic mass is 9.78. The van der Waals surface area contributed by atoms with Crippen LogP contribution in [0, 0.1) is 4.91 Å². The second-order valence-electron chi connectivity index (χ2n) is 9.71. The van der Waals surface area contributed by atoms with Gasteiger partial charge in [0, 0.05) is 28.9 Å². The predicted octanol–water partition coefficient (Wildman–Crippen LogP) is 5.18. The monoisotopic (exact) mass is 495 g/mol. The molecule has 2 atom stereocenters. The maximum atomic E-state index is 13.9. The quantitative estimate of drug-likeness (QED) is 0.457. The highest BCUT2D eigenvalue weighted by molar-refractivity contribution is 6.02. The second-order valence-corrected chi connectivity index (χ2v) is 9.71. The molecule has 0 saturated heterocycles. The van der Waals surface area contributed by atoms with Crippen molar-refractivity contribution in [2.45, 2.75) is 50.1 Å². The summed E-state index contributed by atoms with van der Waals surface area (Å²) in [4.78, 5) is 52.7. The van der Waals surface area contributed by atoms with Gasteiger partial charge in [0.15, 0.2) is 0 Å². The highest BCUT2D eigenvalue weighted by Crippen LogP contribution is 2.46. The number of fused-ring (bicyclic) bond motifs is 1. The van der Waals surface area contributed by atoms with Gasteiger partial charge in [-0.2, -0.15) is 0 Å². The second kappa shape index (κ2) is 10.9. The topological polar surface area (TPSA) is 95.9 Å². The molecule has 0 unspecified atom stereocenters. The van der Waals surface area contributed by atoms with E-state index in [1.165, 1.54) is 6.07 Å². The fourth-order valence-electron chi connectivity index (χ4n) is 5.77. The van der Waals surface area contributed by atoms with E-state index in [9.17, 15) is 19.3 Å². The van der Waals surface area contributed by atoms with Gasteiger partial charge >= 0.3 is 5.91 Å². The van der Waals surface area contributed by atoms with E-state index in [-0.39, 0.29) is 23.4 Å². The Morgan fingerprint density at radius 2 is 1.65 bits per heavy atom. The summed E-state index contributed by atoms with van der Waals surface area (Å²) in [7, 11) is 0. The molecule has 1 heterocycles. The number of amides is 3. The Hall–Kier alpha value is -4.13. The van der Waals surface area contributed by atoms with Crippen LogP contribution in [0.4, 0.5) is 0 Å². The van der Waals surface area contributed by atoms with Gasteiger partial charge in [0.25, 0.3) is 5.91 Å². The first kappa shape index (κ1) is 24.6. The number of carbonyl (C=O) groups is 3. The normalized spacial score (nSPS) is 19.4. The summed E-state index contributed by atoms with van der Waals surface area (Å²) in [5.74, 6) is -1.82. The number of carbonyl (C=O) groups excluding carboxylic acids is 3. The molecule has 2 aliphatic rings. The zero-order chi connectivity index (χ0) is 25.8. The smallest absolute Gasteiger partial charge is 0.316 e. The van der Waals surface area contributed by atoms with Gasteiger partial charge in [0.2, 0.25) is 5.91 Å². The summed E-state index contributed by atoms with van der Waals surface area (Å²) in [6.07, 6.45) is 4.45. The number of rotatable bonds is 7. The van der Waals surface area contributed by atoms with Crippen LogP contribution in [0.1, 0.15) is 75.0 Å². The minimum absolute atomic E-state index is 0.00553. The highest BCUT2D eigenvalue weighted by Gasteiger charge is 2.47. The average molecular weight is 496 g/mol. The lowest BCUT2D eigenvalue weighted by Gasteiger charge is -2.45. The van der Waals surface area contributed by atoms with Crippen molar-refractivity contribution >= 4 is 17.7 Å². The van der Waals surface area contributed by atoms with E-state index in [0.29, 0.717) is 29.7 Å². The summed E-state index contributed by atoms with van der Waals surface area (Å²) in [6.45, 7) is 0.458. The van der Waals surface area contributed by atoms with Crippen LogP contribution < -0.4 is 5.32 Å². The molecule has 0 radical (unpaired) electrons. The first-order valence-electron chi connectivity index (χ1n) is 12.8. The van der Waals surface area contributed by atoms with Gasteiger partial charge in [-0.05, 0) is 54.2 Å². The minimum atomic E-state index is -0.874. The number of benzene rings is 3. The van der Waals surface area contributed by atoms with Crippen LogP contribution in [0.3, 0.4) is 0 Å². The number of nitrogens with one attached hydrogen (secondary N) is 1. The van der Waals surface area contributed by atoms with Crippen LogP contribution in [-0.4, -0.2) is 35.2 Å². The van der Waals surface area contributed by atoms with Crippen molar-refractivity contribution in [1.29, 1.82) is 0 Å². The van der Waals surface area contributed by atoms with E-state index in [4.69, 9.17) is 0 Å². The van der Waals surface area contributed by atoms with Gasteiger partial charge in [0.1, 0.15) is 0 Å². The zero-order valence-electron chi connectivity index (χ0n) is 20.5. The van der Waals surface area contributed by atoms with Crippen molar-refractivity contribution in [3.8, 4) is 0 Å². The maximum Gasteiger partial charge on any atom is 0.316 e. The van der Waals surface area contributed by atoms with E-state index in [0.717, 1.165) is 31.2 Å². The van der Waals surface area contributed by atoms with Crippen LogP contribution in [0.15, 0.2) is 84.0 Å². The van der Waals surface area contributed by atoms with E-state index < -0.39 is 17.9 Å². The molecule has 7 nitrogen and oxygen atoms in total. The molecular weight excluding hydrogens is 466 g/mol. The number of hydrogen-bond donors (Lipinski definition) is 1. The number of hydrogen-bond acceptors (Lipinski definition) is 4. The molecule has 7 heteroatoms. The standard InChI is InChI=1S/C30H29N3O4/c34-28(32-37)22-12-8-11-21(19-22)27-26(29(35)31-18-17-20-9-2-1-3-10-20)24-15-6-7-16-25(24)30(36)33(27)23-13-4-5-14-23/h1-3,6-12,15-16,19,23,26-27H,4-5,13-14,17-18H2,(H,31,35)/t26-,27+/m1/s1.